The van der Waals surface area contributed by atoms with Crippen LogP contribution in [0.25, 0.3) is 22.2 Å². The number of amides is 1. The van der Waals surface area contributed by atoms with Crippen LogP contribution in [-0.2, 0) is 6.42 Å². The van der Waals surface area contributed by atoms with Gasteiger partial charge in [0.25, 0.3) is 5.91 Å². The molecule has 0 aliphatic carbocycles. The third kappa shape index (κ3) is 5.18. The molecule has 2 aromatic carbocycles. The first kappa shape index (κ1) is 23.2. The minimum Gasteiger partial charge on any atom is -0.339 e. The van der Waals surface area contributed by atoms with Crippen molar-refractivity contribution in [2.45, 2.75) is 19.3 Å². The Hall–Kier alpha value is -2.95. The Kier molecular flexibility index (Phi) is 7.26. The maximum absolute atomic E-state index is 13.6. The Balaban J connectivity index is 0.00000259. The van der Waals surface area contributed by atoms with E-state index in [0.717, 1.165) is 54.5 Å². The van der Waals surface area contributed by atoms with Crippen LogP contribution in [-0.4, -0.2) is 33.9 Å². The number of pyridine rings is 2. The van der Waals surface area contributed by atoms with E-state index >= 15 is 0 Å². The van der Waals surface area contributed by atoms with Crippen molar-refractivity contribution >= 4 is 40.8 Å². The summed E-state index contributed by atoms with van der Waals surface area (Å²) in [5.41, 5.74) is 4.42. The molecular weight excluding hydrogens is 453 g/mol. The predicted molar refractivity (Wildman–Crippen MR) is 136 cm³/mol. The van der Waals surface area contributed by atoms with Crippen molar-refractivity contribution in [3.63, 3.8) is 0 Å². The van der Waals surface area contributed by atoms with Crippen LogP contribution < -0.4 is 0 Å². The van der Waals surface area contributed by atoms with Gasteiger partial charge in [0.2, 0.25) is 0 Å². The zero-order valence-corrected chi connectivity index (χ0v) is 19.7. The second-order valence-electron chi connectivity index (χ2n) is 8.38. The lowest BCUT2D eigenvalue weighted by molar-refractivity contribution is 0.0692. The number of carbonyl (C=O) groups excluding carboxylic acids is 1. The van der Waals surface area contributed by atoms with Gasteiger partial charge in [-0.15, -0.1) is 12.4 Å². The zero-order chi connectivity index (χ0) is 21.9. The number of halogens is 2. The minimum atomic E-state index is 0. The summed E-state index contributed by atoms with van der Waals surface area (Å²) in [5, 5.41) is 1.39. The van der Waals surface area contributed by atoms with Crippen LogP contribution in [0.2, 0.25) is 5.02 Å². The highest BCUT2D eigenvalue weighted by Crippen LogP contribution is 2.29. The average molecular weight is 478 g/mol. The molecule has 3 heterocycles. The maximum Gasteiger partial charge on any atom is 0.254 e. The van der Waals surface area contributed by atoms with Crippen molar-refractivity contribution in [3.05, 3.63) is 95.3 Å². The first-order chi connectivity index (χ1) is 15.7. The van der Waals surface area contributed by atoms with Gasteiger partial charge in [0.15, 0.2) is 0 Å². The van der Waals surface area contributed by atoms with Crippen molar-refractivity contribution in [3.8, 4) is 11.3 Å². The number of piperidine rings is 1. The number of fused-ring (bicyclic) bond motifs is 1. The number of hydrogen-bond acceptors (Lipinski definition) is 3. The fraction of sp³-hybridized carbons (Fsp3) is 0.222. The van der Waals surface area contributed by atoms with Crippen molar-refractivity contribution < 1.29 is 4.79 Å². The molecule has 4 nitrogen and oxygen atoms in total. The van der Waals surface area contributed by atoms with E-state index in [9.17, 15) is 4.79 Å². The average Bonchev–Trinajstić information content (AvgIpc) is 2.85. The Morgan fingerprint density at radius 3 is 2.52 bits per heavy atom. The second-order valence-corrected chi connectivity index (χ2v) is 8.82. The van der Waals surface area contributed by atoms with Crippen LogP contribution in [0.3, 0.4) is 0 Å². The van der Waals surface area contributed by atoms with Crippen LogP contribution in [0.4, 0.5) is 0 Å². The highest BCUT2D eigenvalue weighted by molar-refractivity contribution is 6.31. The van der Waals surface area contributed by atoms with Gasteiger partial charge in [0.05, 0.1) is 16.8 Å². The summed E-state index contributed by atoms with van der Waals surface area (Å²) < 4.78 is 0. The van der Waals surface area contributed by atoms with Gasteiger partial charge in [-0.2, -0.15) is 0 Å². The largest absolute Gasteiger partial charge is 0.339 e. The molecule has 4 aromatic rings. The molecule has 1 aliphatic heterocycles. The summed E-state index contributed by atoms with van der Waals surface area (Å²) in [7, 11) is 0. The molecule has 6 heteroatoms. The van der Waals surface area contributed by atoms with E-state index < -0.39 is 0 Å². The second kappa shape index (κ2) is 10.3. The number of carbonyl (C=O) groups is 1. The molecule has 0 unspecified atom stereocenters. The topological polar surface area (TPSA) is 46.1 Å². The number of hydrogen-bond donors (Lipinski definition) is 0. The van der Waals surface area contributed by atoms with Gasteiger partial charge < -0.3 is 4.90 Å². The summed E-state index contributed by atoms with van der Waals surface area (Å²) in [6, 6.07) is 21.8. The lowest BCUT2D eigenvalue weighted by Crippen LogP contribution is -2.39. The SMILES string of the molecule is Cl.O=C(c1cc(-c2cccnc2)nc2ccc(Cl)cc12)N1CCC(Cc2ccccc2)CC1. The predicted octanol–water partition coefficient (Wildman–Crippen LogP) is 6.47. The lowest BCUT2D eigenvalue weighted by atomic mass is 9.90. The van der Waals surface area contributed by atoms with Gasteiger partial charge in [0.1, 0.15) is 0 Å². The molecule has 0 spiro atoms. The van der Waals surface area contributed by atoms with E-state index in [4.69, 9.17) is 16.6 Å². The van der Waals surface area contributed by atoms with Crippen LogP contribution in [0.1, 0.15) is 28.8 Å². The third-order valence-electron chi connectivity index (χ3n) is 6.23. The fourth-order valence-electron chi connectivity index (χ4n) is 4.50. The molecule has 0 bridgehead atoms. The molecular formula is C27H25Cl2N3O. The Morgan fingerprint density at radius 1 is 1.00 bits per heavy atom. The van der Waals surface area contributed by atoms with Crippen LogP contribution in [0.15, 0.2) is 79.1 Å². The molecule has 0 N–H and O–H groups in total. The Labute approximate surface area is 205 Å². The molecule has 1 fully saturated rings. The monoisotopic (exact) mass is 477 g/mol. The van der Waals surface area contributed by atoms with Gasteiger partial charge in [-0.05, 0) is 67.1 Å². The van der Waals surface area contributed by atoms with Gasteiger partial charge in [-0.1, -0.05) is 41.9 Å². The van der Waals surface area contributed by atoms with Crippen molar-refractivity contribution in [1.82, 2.24) is 14.9 Å². The van der Waals surface area contributed by atoms with E-state index in [1.807, 2.05) is 41.3 Å². The first-order valence-electron chi connectivity index (χ1n) is 11.0. The van der Waals surface area contributed by atoms with E-state index in [1.54, 1.807) is 12.4 Å². The third-order valence-corrected chi connectivity index (χ3v) is 6.46. The molecule has 2 aromatic heterocycles. The number of aromatic nitrogens is 2. The standard InChI is InChI=1S/C27H24ClN3O.ClH/c28-22-8-9-25-23(16-22)24(17-26(30-25)21-7-4-12-29-18-21)27(32)31-13-10-20(11-14-31)15-19-5-2-1-3-6-19;/h1-9,12,16-18,20H,10-11,13-15H2;1H. The summed E-state index contributed by atoms with van der Waals surface area (Å²) in [6.45, 7) is 1.53. The molecule has 0 atom stereocenters. The number of benzene rings is 2. The van der Waals surface area contributed by atoms with Crippen LogP contribution in [0, 0.1) is 5.92 Å². The van der Waals surface area contributed by atoms with E-state index in [-0.39, 0.29) is 18.3 Å². The Morgan fingerprint density at radius 2 is 1.79 bits per heavy atom. The summed E-state index contributed by atoms with van der Waals surface area (Å²) >= 11 is 6.27. The van der Waals surface area contributed by atoms with E-state index in [0.29, 0.717) is 16.5 Å². The maximum atomic E-state index is 13.6. The van der Waals surface area contributed by atoms with Crippen LogP contribution >= 0.6 is 24.0 Å². The first-order valence-corrected chi connectivity index (χ1v) is 11.4. The Bertz CT molecular complexity index is 1240. The summed E-state index contributed by atoms with van der Waals surface area (Å²) in [5.74, 6) is 0.652. The van der Waals surface area contributed by atoms with Crippen molar-refractivity contribution in [2.24, 2.45) is 5.92 Å². The number of nitrogens with zero attached hydrogens (tertiary/aromatic N) is 3. The lowest BCUT2D eigenvalue weighted by Gasteiger charge is -2.32. The zero-order valence-electron chi connectivity index (χ0n) is 18.2. The summed E-state index contributed by atoms with van der Waals surface area (Å²) in [6.07, 6.45) is 6.60. The molecule has 5 rings (SSSR count). The fourth-order valence-corrected chi connectivity index (χ4v) is 4.67. The van der Waals surface area contributed by atoms with Gasteiger partial charge in [-0.3, -0.25) is 9.78 Å². The molecule has 0 radical (unpaired) electrons. The molecule has 1 amide bonds. The van der Waals surface area contributed by atoms with Crippen LogP contribution in [0.5, 0.6) is 0 Å². The van der Waals surface area contributed by atoms with Gasteiger partial charge in [-0.25, -0.2) is 4.98 Å². The molecule has 168 valence electrons. The molecule has 1 saturated heterocycles. The highest BCUT2D eigenvalue weighted by atomic mass is 35.5. The van der Waals surface area contributed by atoms with Crippen molar-refractivity contribution in [2.75, 3.05) is 13.1 Å². The molecule has 0 saturated carbocycles. The van der Waals surface area contributed by atoms with Crippen molar-refractivity contribution in [1.29, 1.82) is 0 Å². The molecule has 1 aliphatic rings. The summed E-state index contributed by atoms with van der Waals surface area (Å²) in [4.78, 5) is 24.6. The normalized spacial score (nSPS) is 14.2. The minimum absolute atomic E-state index is 0. The van der Waals surface area contributed by atoms with E-state index in [2.05, 4.69) is 35.3 Å². The smallest absolute Gasteiger partial charge is 0.254 e. The van der Waals surface area contributed by atoms with Gasteiger partial charge in [0, 0.05) is 41.5 Å². The quantitative estimate of drug-likeness (QED) is 0.338. The van der Waals surface area contributed by atoms with Gasteiger partial charge >= 0.3 is 0 Å². The number of rotatable bonds is 4. The molecule has 33 heavy (non-hydrogen) atoms. The van der Waals surface area contributed by atoms with E-state index in [1.165, 1.54) is 5.56 Å². The highest BCUT2D eigenvalue weighted by Gasteiger charge is 2.25. The number of likely N-dealkylation sites (tertiary alicyclic amines) is 1.